The third kappa shape index (κ3) is 3.99. The Morgan fingerprint density at radius 1 is 1.15 bits per heavy atom. The summed E-state index contributed by atoms with van der Waals surface area (Å²) >= 11 is 0. The lowest BCUT2D eigenvalue weighted by atomic mass is 10.1. The van der Waals surface area contributed by atoms with Crippen molar-refractivity contribution in [1.82, 2.24) is 20.4 Å². The molecule has 0 saturated heterocycles. The van der Waals surface area contributed by atoms with Gasteiger partial charge in [0, 0.05) is 23.5 Å². The van der Waals surface area contributed by atoms with Crippen molar-refractivity contribution in [2.24, 2.45) is 0 Å². The van der Waals surface area contributed by atoms with E-state index in [0.29, 0.717) is 28.5 Å². The summed E-state index contributed by atoms with van der Waals surface area (Å²) in [6.07, 6.45) is 2.40. The van der Waals surface area contributed by atoms with Crippen LogP contribution in [-0.4, -0.2) is 20.9 Å². The Bertz CT molecular complexity index is 948. The van der Waals surface area contributed by atoms with Crippen LogP contribution in [0.3, 0.4) is 0 Å². The van der Waals surface area contributed by atoms with Gasteiger partial charge in [0.1, 0.15) is 11.5 Å². The normalized spacial score (nSPS) is 10.0. The Kier molecular flexibility index (Phi) is 5.15. The number of amides is 1. The van der Waals surface area contributed by atoms with E-state index >= 15 is 0 Å². The highest BCUT2D eigenvalue weighted by Crippen LogP contribution is 2.15. The summed E-state index contributed by atoms with van der Waals surface area (Å²) in [5.41, 5.74) is 7.83. The molecular weight excluding hydrogens is 328 g/mol. The quantitative estimate of drug-likeness (QED) is 0.690. The van der Waals surface area contributed by atoms with Gasteiger partial charge < -0.3 is 0 Å². The first-order chi connectivity index (χ1) is 12.7. The maximum Gasteiger partial charge on any atom is 0.269 e. The second-order valence-electron chi connectivity index (χ2n) is 5.40. The summed E-state index contributed by atoms with van der Waals surface area (Å²) < 4.78 is 0. The van der Waals surface area contributed by atoms with Crippen molar-refractivity contribution in [2.45, 2.75) is 13.3 Å². The molecule has 3 rings (SSSR count). The highest BCUT2D eigenvalue weighted by Gasteiger charge is 2.09. The molecule has 7 heteroatoms. The van der Waals surface area contributed by atoms with Crippen LogP contribution in [-0.2, 0) is 6.42 Å². The van der Waals surface area contributed by atoms with Crippen molar-refractivity contribution in [3.05, 3.63) is 71.5 Å². The van der Waals surface area contributed by atoms with Crippen molar-refractivity contribution in [3.8, 4) is 17.6 Å². The molecule has 26 heavy (non-hydrogen) atoms. The molecule has 2 aromatic heterocycles. The first-order valence-corrected chi connectivity index (χ1v) is 8.05. The molecule has 128 valence electrons. The Morgan fingerprint density at radius 3 is 2.62 bits per heavy atom. The highest BCUT2D eigenvalue weighted by molar-refractivity contribution is 5.94. The average molecular weight is 344 g/mol. The molecule has 0 bridgehead atoms. The maximum absolute atomic E-state index is 12.2. The van der Waals surface area contributed by atoms with Crippen molar-refractivity contribution in [1.29, 1.82) is 5.26 Å². The molecule has 0 fully saturated rings. The Labute approximate surface area is 150 Å². The number of pyridine rings is 1. The summed E-state index contributed by atoms with van der Waals surface area (Å²) in [6, 6.07) is 15.7. The van der Waals surface area contributed by atoms with Crippen LogP contribution in [0.5, 0.6) is 0 Å². The van der Waals surface area contributed by atoms with Crippen LogP contribution in [0, 0.1) is 11.3 Å². The second-order valence-corrected chi connectivity index (χ2v) is 5.40. The number of nitrogens with zero attached hydrogens (tertiary/aromatic N) is 4. The first-order valence-electron chi connectivity index (χ1n) is 8.05. The van der Waals surface area contributed by atoms with Crippen LogP contribution < -0.4 is 10.9 Å². The number of hydrazine groups is 1. The van der Waals surface area contributed by atoms with E-state index in [0.717, 1.165) is 12.1 Å². The fourth-order valence-corrected chi connectivity index (χ4v) is 2.24. The molecule has 0 aliphatic rings. The number of hydrogen-bond donors (Lipinski definition) is 2. The number of anilines is 1. The number of benzene rings is 1. The van der Waals surface area contributed by atoms with Gasteiger partial charge in [-0.3, -0.25) is 20.6 Å². The standard InChI is InChI=1S/C19H16N6O/c1-2-15-11-17(23-18(22-15)16-5-3-4-10-21-16)24-25-19(26)14-8-6-13(12-20)7-9-14/h3-11H,2H2,1H3,(H,25,26)(H,22,23,24). The predicted molar refractivity (Wildman–Crippen MR) is 96.9 cm³/mol. The lowest BCUT2D eigenvalue weighted by molar-refractivity contribution is 0.0962. The largest absolute Gasteiger partial charge is 0.281 e. The molecule has 0 spiro atoms. The minimum Gasteiger partial charge on any atom is -0.281 e. The second kappa shape index (κ2) is 7.85. The smallest absolute Gasteiger partial charge is 0.269 e. The Hall–Kier alpha value is -3.79. The lowest BCUT2D eigenvalue weighted by Gasteiger charge is -2.10. The number of aromatic nitrogens is 3. The molecular formula is C19H16N6O. The van der Waals surface area contributed by atoms with Gasteiger partial charge in [0.2, 0.25) is 0 Å². The van der Waals surface area contributed by atoms with Gasteiger partial charge >= 0.3 is 0 Å². The van der Waals surface area contributed by atoms with E-state index < -0.39 is 0 Å². The topological polar surface area (TPSA) is 104 Å². The van der Waals surface area contributed by atoms with E-state index in [-0.39, 0.29) is 5.91 Å². The summed E-state index contributed by atoms with van der Waals surface area (Å²) in [5, 5.41) is 8.81. The van der Waals surface area contributed by atoms with Crippen LogP contribution >= 0.6 is 0 Å². The molecule has 2 heterocycles. The number of nitriles is 1. The zero-order chi connectivity index (χ0) is 18.4. The zero-order valence-corrected chi connectivity index (χ0v) is 14.1. The highest BCUT2D eigenvalue weighted by atomic mass is 16.2. The Morgan fingerprint density at radius 2 is 1.96 bits per heavy atom. The summed E-state index contributed by atoms with van der Waals surface area (Å²) in [4.78, 5) is 25.3. The predicted octanol–water partition coefficient (Wildman–Crippen LogP) is 2.73. The van der Waals surface area contributed by atoms with Crippen LogP contribution in [0.4, 0.5) is 5.82 Å². The van der Waals surface area contributed by atoms with Gasteiger partial charge in [0.15, 0.2) is 5.82 Å². The Balaban J connectivity index is 1.76. The fraction of sp³-hybridized carbons (Fsp3) is 0.105. The molecule has 7 nitrogen and oxygen atoms in total. The lowest BCUT2D eigenvalue weighted by Crippen LogP contribution is -2.30. The molecule has 0 radical (unpaired) electrons. The number of carbonyl (C=O) groups excluding carboxylic acids is 1. The third-order valence-corrected chi connectivity index (χ3v) is 3.62. The molecule has 1 aromatic carbocycles. The van der Waals surface area contributed by atoms with Crippen molar-refractivity contribution < 1.29 is 4.79 Å². The first kappa shape index (κ1) is 17.0. The van der Waals surface area contributed by atoms with Gasteiger partial charge in [-0.1, -0.05) is 13.0 Å². The minimum atomic E-state index is -0.328. The van der Waals surface area contributed by atoms with Gasteiger partial charge in [-0.25, -0.2) is 9.97 Å². The van der Waals surface area contributed by atoms with E-state index in [4.69, 9.17) is 5.26 Å². The number of nitrogens with one attached hydrogen (secondary N) is 2. The number of rotatable bonds is 5. The molecule has 0 saturated carbocycles. The monoisotopic (exact) mass is 344 g/mol. The van der Waals surface area contributed by atoms with Crippen LogP contribution in [0.2, 0.25) is 0 Å². The van der Waals surface area contributed by atoms with Crippen LogP contribution in [0.25, 0.3) is 11.5 Å². The number of carbonyl (C=O) groups is 1. The molecule has 0 aliphatic heterocycles. The maximum atomic E-state index is 12.2. The summed E-state index contributed by atoms with van der Waals surface area (Å²) in [7, 11) is 0. The molecule has 0 unspecified atom stereocenters. The van der Waals surface area contributed by atoms with Crippen molar-refractivity contribution in [2.75, 3.05) is 5.43 Å². The van der Waals surface area contributed by atoms with E-state index in [1.54, 1.807) is 36.5 Å². The SMILES string of the molecule is CCc1cc(NNC(=O)c2ccc(C#N)cc2)nc(-c2ccccn2)n1. The van der Waals surface area contributed by atoms with Crippen LogP contribution in [0.15, 0.2) is 54.7 Å². The molecule has 3 aromatic rings. The van der Waals surface area contributed by atoms with E-state index in [1.807, 2.05) is 31.2 Å². The summed E-state index contributed by atoms with van der Waals surface area (Å²) in [5.74, 6) is 0.630. The number of aryl methyl sites for hydroxylation is 1. The molecule has 0 atom stereocenters. The minimum absolute atomic E-state index is 0.328. The van der Waals surface area contributed by atoms with Crippen LogP contribution in [0.1, 0.15) is 28.5 Å². The van der Waals surface area contributed by atoms with E-state index in [1.165, 1.54) is 0 Å². The van der Waals surface area contributed by atoms with Gasteiger partial charge in [-0.15, -0.1) is 0 Å². The summed E-state index contributed by atoms with van der Waals surface area (Å²) in [6.45, 7) is 1.99. The van der Waals surface area contributed by atoms with Gasteiger partial charge in [0.25, 0.3) is 5.91 Å². The van der Waals surface area contributed by atoms with Crippen molar-refractivity contribution >= 4 is 11.7 Å². The fourth-order valence-electron chi connectivity index (χ4n) is 2.24. The van der Waals surface area contributed by atoms with E-state index in [2.05, 4.69) is 25.8 Å². The van der Waals surface area contributed by atoms with Crippen molar-refractivity contribution in [3.63, 3.8) is 0 Å². The molecule has 1 amide bonds. The van der Waals surface area contributed by atoms with Gasteiger partial charge in [0.05, 0.1) is 11.6 Å². The molecule has 2 N–H and O–H groups in total. The van der Waals surface area contributed by atoms with E-state index in [9.17, 15) is 4.79 Å². The number of hydrogen-bond acceptors (Lipinski definition) is 6. The zero-order valence-electron chi connectivity index (χ0n) is 14.1. The van der Waals surface area contributed by atoms with Gasteiger partial charge in [-0.2, -0.15) is 5.26 Å². The molecule has 0 aliphatic carbocycles. The average Bonchev–Trinajstić information content (AvgIpc) is 2.72. The van der Waals surface area contributed by atoms with Gasteiger partial charge in [-0.05, 0) is 42.8 Å². The third-order valence-electron chi connectivity index (χ3n) is 3.62.